The Morgan fingerprint density at radius 2 is 1.31 bits per heavy atom. The van der Waals surface area contributed by atoms with E-state index in [9.17, 15) is 95.2 Å². The highest BCUT2D eigenvalue weighted by Crippen LogP contribution is 2.34. The molecule has 1 radical (unpaired) electrons. The van der Waals surface area contributed by atoms with Crippen LogP contribution in [-0.4, -0.2) is 305 Å². The fourth-order valence-electron chi connectivity index (χ4n) is 11.3. The fraction of sp³-hybridized carbons (Fsp3) is 0.649. The highest BCUT2D eigenvalue weighted by molar-refractivity contribution is 5.96. The zero-order valence-electron chi connectivity index (χ0n) is 51.1. The average Bonchev–Trinajstić information content (AvgIpc) is 1.39. The maximum atomic E-state index is 15.0. The Morgan fingerprint density at radius 3 is 1.91 bits per heavy atom. The van der Waals surface area contributed by atoms with E-state index in [1.165, 1.54) is 24.5 Å². The van der Waals surface area contributed by atoms with Gasteiger partial charge >= 0.3 is 5.97 Å². The smallest absolute Gasteiger partial charge is 0.306 e. The Hall–Kier alpha value is -7.12. The van der Waals surface area contributed by atoms with Crippen molar-refractivity contribution in [2.45, 2.75) is 186 Å². The molecule has 94 heavy (non-hydrogen) atoms. The zero-order chi connectivity index (χ0) is 69.2. The predicted octanol–water partition coefficient (Wildman–Crippen LogP) is -11.2. The minimum atomic E-state index is -2.31. The number of benzene rings is 2. The lowest BCUT2D eigenvalue weighted by atomic mass is 9.93. The summed E-state index contributed by atoms with van der Waals surface area (Å²) >= 11 is 0. The van der Waals surface area contributed by atoms with Crippen LogP contribution in [0.4, 0.5) is 5.69 Å². The molecule has 0 aromatic heterocycles. The standard InChI is InChI=1S/C57H85N12O25/c1-21(2)11-34(75)93-48-43(81)41(79)32(19-73)91-55(48)94-47-33(20-74)92-54(46(84)44(47)82)90-30-10-9-23(12-26(30)58)13-27(65-50(86)35(59)22(3)24-7-5-4-6-8-24)49(85)67-36(38(76)28-14-62-56(60)66-28)52(88)68-37(51(87)64-25(16-70)17-71)39(77)29-15-63-57(61)69(29)53-45(83)42(80)40(78)31(18-72)89-53/h4-10,12,21-22,25,27-29,31-33,35-48,53-55,70,72-74,76-84H,11,13-16,18-20,58-59H2,1-3H3,(H2,61,63)(H,64,87)(H,65,86)(H,67,85)(H,68,88)(H3,60,62,66)/t22?,25-,27-,28?,29?,31?,32?,33?,35-,36-,37-,38?,39?,40?,41?,42?,43?,44?,45?,46?,47?,48?,53?,54?,55?/m0/s1. The Labute approximate surface area is 537 Å². The van der Waals surface area contributed by atoms with E-state index < -0.39 is 227 Å². The largest absolute Gasteiger partial charge is 0.460 e. The second kappa shape index (κ2) is 33.0. The van der Waals surface area contributed by atoms with Crippen molar-refractivity contribution in [2.24, 2.45) is 11.7 Å². The van der Waals surface area contributed by atoms with Gasteiger partial charge in [0.25, 0.3) is 0 Å². The van der Waals surface area contributed by atoms with E-state index >= 15 is 0 Å². The summed E-state index contributed by atoms with van der Waals surface area (Å²) in [5.74, 6) is -7.94. The summed E-state index contributed by atoms with van der Waals surface area (Å²) in [6, 6.07) is -0.0492. The quantitative estimate of drug-likeness (QED) is 0.0266. The van der Waals surface area contributed by atoms with Gasteiger partial charge in [-0.3, -0.25) is 39.6 Å². The first kappa shape index (κ1) is 74.3. The van der Waals surface area contributed by atoms with Crippen molar-refractivity contribution in [3.05, 3.63) is 59.7 Å². The molecule has 0 saturated carbocycles. The third-order valence-electron chi connectivity index (χ3n) is 16.7. The maximum absolute atomic E-state index is 15.0. The van der Waals surface area contributed by atoms with E-state index in [-0.39, 0.29) is 41.8 Å². The molecular formula is C57H85N12O25. The van der Waals surface area contributed by atoms with Gasteiger partial charge in [-0.25, -0.2) is 0 Å². The minimum Gasteiger partial charge on any atom is -0.460 e. The first-order valence-electron chi connectivity index (χ1n) is 30.1. The summed E-state index contributed by atoms with van der Waals surface area (Å²) in [6.45, 7) is 0.595. The third kappa shape index (κ3) is 17.3. The predicted molar refractivity (Wildman–Crippen MR) is 318 cm³/mol. The molecule has 0 aliphatic carbocycles. The summed E-state index contributed by atoms with van der Waals surface area (Å²) in [7, 11) is 0. The van der Waals surface area contributed by atoms with Crippen LogP contribution in [0.1, 0.15) is 44.2 Å². The SMILES string of the molecule is CC(C)CC(=O)OC1C(OC2C(CO)OC(Oc3ccc(C[C@H](NC(=O)[C@@H](N)C(C)c4ccccc4)C(=O)N[C@H](C(=O)N[C@H](C(=O)N[C@H]([C]=O)CO)C(O)C4CNC(=N)N4C4OC(CO)C(O)C(O)C4O)C(O)C4CNC(=N)N4)cc3N)C(O)C2O)OC(CO)C(O)C1O. The molecule has 5 saturated heterocycles. The fourth-order valence-corrected chi connectivity index (χ4v) is 11.3. The van der Waals surface area contributed by atoms with Crippen LogP contribution >= 0.6 is 0 Å². The Morgan fingerprint density at radius 1 is 0.702 bits per heavy atom. The average molecular weight is 1340 g/mol. The van der Waals surface area contributed by atoms with Gasteiger partial charge in [-0.2, -0.15) is 0 Å². The van der Waals surface area contributed by atoms with Gasteiger partial charge in [0.1, 0.15) is 109 Å². The van der Waals surface area contributed by atoms with Crippen LogP contribution in [-0.2, 0) is 58.9 Å². The second-order valence-corrected chi connectivity index (χ2v) is 23.8. The van der Waals surface area contributed by atoms with E-state index in [2.05, 4.69) is 37.2 Å². The molecule has 37 heteroatoms. The van der Waals surface area contributed by atoms with Crippen molar-refractivity contribution in [3.63, 3.8) is 0 Å². The molecule has 5 aliphatic heterocycles. The summed E-state index contributed by atoms with van der Waals surface area (Å²) < 4.78 is 34.3. The number of rotatable bonds is 29. The lowest BCUT2D eigenvalue weighted by molar-refractivity contribution is -0.353. The molecule has 37 nitrogen and oxygen atoms in total. The number of nitrogens with two attached hydrogens (primary N) is 2. The number of carbonyl (C=O) groups excluding carboxylic acids is 6. The van der Waals surface area contributed by atoms with Crippen LogP contribution in [0.15, 0.2) is 48.5 Å². The van der Waals surface area contributed by atoms with E-state index in [0.29, 0.717) is 5.56 Å². The maximum Gasteiger partial charge on any atom is 0.306 e. The highest BCUT2D eigenvalue weighted by Gasteiger charge is 2.55. The van der Waals surface area contributed by atoms with Crippen LogP contribution < -0.4 is 53.4 Å². The van der Waals surface area contributed by atoms with Crippen molar-refractivity contribution in [1.29, 1.82) is 10.8 Å². The van der Waals surface area contributed by atoms with E-state index in [0.717, 1.165) is 4.90 Å². The number of guanidine groups is 2. The van der Waals surface area contributed by atoms with E-state index in [1.807, 2.05) is 0 Å². The number of aliphatic hydroxyl groups is 13. The van der Waals surface area contributed by atoms with E-state index in [4.69, 9.17) is 50.7 Å². The lowest BCUT2D eigenvalue weighted by Crippen LogP contribution is -2.69. The first-order valence-corrected chi connectivity index (χ1v) is 30.1. The lowest BCUT2D eigenvalue weighted by Gasteiger charge is -2.46. The molecule has 5 heterocycles. The Balaban J connectivity index is 1.16. The van der Waals surface area contributed by atoms with Crippen molar-refractivity contribution in [3.8, 4) is 5.75 Å². The van der Waals surface area contributed by atoms with Gasteiger partial charge in [0.05, 0.1) is 50.2 Å². The Bertz CT molecular complexity index is 2930. The number of amides is 4. The number of hydrogen-bond acceptors (Lipinski definition) is 29. The van der Waals surface area contributed by atoms with Crippen LogP contribution in [0.5, 0.6) is 5.75 Å². The number of carbonyl (C=O) groups is 5. The van der Waals surface area contributed by atoms with Gasteiger partial charge in [-0.15, -0.1) is 0 Å². The van der Waals surface area contributed by atoms with Crippen LogP contribution in [0.2, 0.25) is 0 Å². The molecule has 0 spiro atoms. The van der Waals surface area contributed by atoms with Gasteiger partial charge in [0.15, 0.2) is 30.5 Å². The van der Waals surface area contributed by atoms with Gasteiger partial charge in [-0.05, 0) is 29.2 Å². The monoisotopic (exact) mass is 1340 g/mol. The number of hydrogen-bond donors (Lipinski definition) is 24. The van der Waals surface area contributed by atoms with Crippen LogP contribution in [0.3, 0.4) is 0 Å². The molecule has 5 fully saturated rings. The van der Waals surface area contributed by atoms with Crippen molar-refractivity contribution < 1.29 is 124 Å². The van der Waals surface area contributed by atoms with Crippen molar-refractivity contribution in [1.82, 2.24) is 42.1 Å². The molecule has 523 valence electrons. The summed E-state index contributed by atoms with van der Waals surface area (Å²) in [5.41, 5.74) is 13.5. The molecule has 26 N–H and O–H groups in total. The summed E-state index contributed by atoms with van der Waals surface area (Å²) in [4.78, 5) is 83.7. The molecular weight excluding hydrogens is 1250 g/mol. The molecule has 2 aromatic rings. The second-order valence-electron chi connectivity index (χ2n) is 23.8. The number of anilines is 1. The number of aliphatic hydroxyl groups excluding tert-OH is 13. The van der Waals surface area contributed by atoms with Crippen LogP contribution in [0.25, 0.3) is 0 Å². The highest BCUT2D eigenvalue weighted by atomic mass is 16.7. The Kier molecular flexibility index (Phi) is 26.1. The van der Waals surface area contributed by atoms with Gasteiger partial charge < -0.3 is 148 Å². The molecule has 2 aromatic carbocycles. The van der Waals surface area contributed by atoms with Gasteiger partial charge in [0, 0.05) is 31.8 Å². The number of esters is 1. The van der Waals surface area contributed by atoms with Gasteiger partial charge in [0.2, 0.25) is 36.2 Å². The number of nitrogens with zero attached hydrogens (tertiary/aromatic N) is 1. The number of ether oxygens (including phenoxy) is 6. The van der Waals surface area contributed by atoms with E-state index in [1.54, 1.807) is 51.1 Å². The molecule has 0 bridgehead atoms. The molecule has 20 unspecified atom stereocenters. The molecule has 5 aliphatic rings. The molecule has 4 amide bonds. The molecule has 25 atom stereocenters. The molecule has 7 rings (SSSR count). The zero-order valence-corrected chi connectivity index (χ0v) is 51.1. The number of nitrogen functional groups attached to an aromatic ring is 1. The topological polar surface area (TPSA) is 608 Å². The summed E-state index contributed by atoms with van der Waals surface area (Å²) in [5, 5.41) is 175. The van der Waals surface area contributed by atoms with Crippen molar-refractivity contribution >= 4 is 53.5 Å². The number of nitrogens with one attached hydrogen (secondary N) is 9. The van der Waals surface area contributed by atoms with Crippen molar-refractivity contribution in [2.75, 3.05) is 45.3 Å². The summed E-state index contributed by atoms with van der Waals surface area (Å²) in [6.07, 6.45) is -30.8. The minimum absolute atomic E-state index is 0.131. The normalized spacial score (nSPS) is 32.0. The first-order chi connectivity index (χ1) is 44.6. The van der Waals surface area contributed by atoms with Gasteiger partial charge in [-0.1, -0.05) is 57.2 Å². The van der Waals surface area contributed by atoms with Crippen LogP contribution in [0, 0.1) is 16.7 Å². The third-order valence-corrected chi connectivity index (χ3v) is 16.7.